The summed E-state index contributed by atoms with van der Waals surface area (Å²) in [7, 11) is 0. The summed E-state index contributed by atoms with van der Waals surface area (Å²) in [5.74, 6) is 0.970. The second-order valence-corrected chi connectivity index (χ2v) is 4.71. The fraction of sp³-hybridized carbons (Fsp3) is 0.923. The molecule has 1 fully saturated rings. The van der Waals surface area contributed by atoms with Crippen molar-refractivity contribution in [2.45, 2.75) is 52.5 Å². The summed E-state index contributed by atoms with van der Waals surface area (Å²) < 4.78 is 0. The van der Waals surface area contributed by atoms with Crippen LogP contribution >= 0.6 is 0 Å². The average Bonchev–Trinajstić information content (AvgIpc) is 2.83. The predicted octanol–water partition coefficient (Wildman–Crippen LogP) is 2.02. The maximum absolute atomic E-state index is 12.2. The first kappa shape index (κ1) is 13.5. The summed E-state index contributed by atoms with van der Waals surface area (Å²) in [4.78, 5) is 14.2. The van der Waals surface area contributed by atoms with Gasteiger partial charge in [0, 0.05) is 13.1 Å². The van der Waals surface area contributed by atoms with Crippen molar-refractivity contribution in [3.63, 3.8) is 0 Å². The number of nitrogens with one attached hydrogen (secondary N) is 1. The van der Waals surface area contributed by atoms with E-state index in [1.807, 2.05) is 4.90 Å². The molecule has 0 aromatic rings. The van der Waals surface area contributed by atoms with Crippen molar-refractivity contribution in [3.05, 3.63) is 0 Å². The van der Waals surface area contributed by atoms with E-state index in [1.54, 1.807) is 0 Å². The molecule has 0 aromatic heterocycles. The van der Waals surface area contributed by atoms with Gasteiger partial charge < -0.3 is 10.2 Å². The minimum atomic E-state index is 0.0920. The molecular weight excluding hydrogens is 200 g/mol. The summed E-state index contributed by atoms with van der Waals surface area (Å²) in [5.41, 5.74) is 0. The molecule has 1 saturated heterocycles. The smallest absolute Gasteiger partial charge is 0.239 e. The molecule has 94 valence electrons. The lowest BCUT2D eigenvalue weighted by Crippen LogP contribution is -2.45. The Morgan fingerprint density at radius 1 is 1.38 bits per heavy atom. The van der Waals surface area contributed by atoms with Crippen LogP contribution in [0.2, 0.25) is 0 Å². The Balaban J connectivity index is 2.48. The Labute approximate surface area is 99.6 Å². The van der Waals surface area contributed by atoms with Gasteiger partial charge >= 0.3 is 0 Å². The van der Waals surface area contributed by atoms with Gasteiger partial charge in [-0.15, -0.1) is 0 Å². The Morgan fingerprint density at radius 2 is 2.06 bits per heavy atom. The van der Waals surface area contributed by atoms with Gasteiger partial charge in [0.2, 0.25) is 5.91 Å². The van der Waals surface area contributed by atoms with Crippen LogP contribution in [0.25, 0.3) is 0 Å². The van der Waals surface area contributed by atoms with Crippen LogP contribution in [0.1, 0.15) is 46.5 Å². The zero-order valence-electron chi connectivity index (χ0n) is 11.0. The van der Waals surface area contributed by atoms with Crippen molar-refractivity contribution >= 4 is 5.91 Å². The highest BCUT2D eigenvalue weighted by Crippen LogP contribution is 2.13. The van der Waals surface area contributed by atoms with E-state index in [2.05, 4.69) is 26.1 Å². The molecule has 0 aromatic carbocycles. The highest BCUT2D eigenvalue weighted by atomic mass is 16.2. The van der Waals surface area contributed by atoms with Gasteiger partial charge in [0.05, 0.1) is 6.04 Å². The molecule has 0 bridgehead atoms. The first-order valence-corrected chi connectivity index (χ1v) is 6.75. The number of amides is 1. The third-order valence-electron chi connectivity index (χ3n) is 3.69. The summed E-state index contributed by atoms with van der Waals surface area (Å²) in [5, 5.41) is 3.29. The van der Waals surface area contributed by atoms with Gasteiger partial charge in [0.15, 0.2) is 0 Å². The van der Waals surface area contributed by atoms with Crippen LogP contribution < -0.4 is 5.32 Å². The van der Waals surface area contributed by atoms with Gasteiger partial charge in [-0.3, -0.25) is 4.79 Å². The van der Waals surface area contributed by atoms with E-state index in [-0.39, 0.29) is 6.04 Å². The Bertz CT molecular complexity index is 208. The number of carbonyl (C=O) groups is 1. The van der Waals surface area contributed by atoms with Crippen molar-refractivity contribution in [2.75, 3.05) is 19.6 Å². The largest absolute Gasteiger partial charge is 0.341 e. The number of nitrogens with zero attached hydrogens (tertiary/aromatic N) is 1. The highest BCUT2D eigenvalue weighted by molar-refractivity contribution is 5.82. The van der Waals surface area contributed by atoms with Crippen molar-refractivity contribution < 1.29 is 4.79 Å². The molecule has 1 N–H and O–H groups in total. The number of carbonyl (C=O) groups excluding carboxylic acids is 1. The molecular formula is C13H26N2O. The Hall–Kier alpha value is -0.570. The van der Waals surface area contributed by atoms with Crippen LogP contribution in [0, 0.1) is 5.92 Å². The highest BCUT2D eigenvalue weighted by Gasteiger charge is 2.26. The molecule has 3 nitrogen and oxygen atoms in total. The fourth-order valence-corrected chi connectivity index (χ4v) is 2.35. The zero-order valence-corrected chi connectivity index (χ0v) is 11.0. The Kier molecular flexibility index (Phi) is 5.81. The third kappa shape index (κ3) is 3.48. The van der Waals surface area contributed by atoms with E-state index in [0.29, 0.717) is 11.8 Å². The number of hydrogen-bond donors (Lipinski definition) is 1. The second-order valence-electron chi connectivity index (χ2n) is 4.71. The van der Waals surface area contributed by atoms with Gasteiger partial charge in [-0.25, -0.2) is 0 Å². The predicted molar refractivity (Wildman–Crippen MR) is 67.4 cm³/mol. The fourth-order valence-electron chi connectivity index (χ4n) is 2.35. The van der Waals surface area contributed by atoms with Gasteiger partial charge in [0.25, 0.3) is 0 Å². The molecule has 0 spiro atoms. The lowest BCUT2D eigenvalue weighted by molar-refractivity contribution is -0.133. The summed E-state index contributed by atoms with van der Waals surface area (Å²) in [6.07, 6.45) is 4.48. The van der Waals surface area contributed by atoms with E-state index in [9.17, 15) is 4.79 Å². The second kappa shape index (κ2) is 6.89. The monoisotopic (exact) mass is 226 g/mol. The normalized spacial score (nSPS) is 20.4. The Morgan fingerprint density at radius 3 is 2.50 bits per heavy atom. The molecule has 0 unspecified atom stereocenters. The first-order chi connectivity index (χ1) is 7.72. The van der Waals surface area contributed by atoms with Crippen LogP contribution in [-0.2, 0) is 4.79 Å². The topological polar surface area (TPSA) is 32.3 Å². The minimum absolute atomic E-state index is 0.0920. The third-order valence-corrected chi connectivity index (χ3v) is 3.69. The van der Waals surface area contributed by atoms with E-state index >= 15 is 0 Å². The summed E-state index contributed by atoms with van der Waals surface area (Å²) in [6, 6.07) is 0.0920. The molecule has 0 saturated carbocycles. The lowest BCUT2D eigenvalue weighted by Gasteiger charge is -2.28. The van der Waals surface area contributed by atoms with Gasteiger partial charge in [0.1, 0.15) is 0 Å². The standard InChI is InChI=1S/C13H26N2O/c1-4-11(5-2)10-15(6-3)13(16)12-8-7-9-14-12/h11-12,14H,4-10H2,1-3H3/t12-/m1/s1. The van der Waals surface area contributed by atoms with E-state index in [1.165, 1.54) is 12.8 Å². The minimum Gasteiger partial charge on any atom is -0.341 e. The zero-order chi connectivity index (χ0) is 12.0. The molecule has 1 heterocycles. The molecule has 1 aliphatic rings. The summed E-state index contributed by atoms with van der Waals surface area (Å²) >= 11 is 0. The molecule has 1 atom stereocenters. The van der Waals surface area contributed by atoms with Crippen LogP contribution in [-0.4, -0.2) is 36.5 Å². The lowest BCUT2D eigenvalue weighted by atomic mass is 10.0. The van der Waals surface area contributed by atoms with Crippen molar-refractivity contribution in [1.82, 2.24) is 10.2 Å². The quantitative estimate of drug-likeness (QED) is 0.751. The molecule has 1 rings (SSSR count). The molecule has 0 radical (unpaired) electrons. The average molecular weight is 226 g/mol. The molecule has 0 aliphatic carbocycles. The number of likely N-dealkylation sites (N-methyl/N-ethyl adjacent to an activating group) is 1. The molecule has 16 heavy (non-hydrogen) atoms. The van der Waals surface area contributed by atoms with Crippen LogP contribution in [0.15, 0.2) is 0 Å². The van der Waals surface area contributed by atoms with E-state index < -0.39 is 0 Å². The maximum atomic E-state index is 12.2. The van der Waals surface area contributed by atoms with Crippen molar-refractivity contribution in [3.8, 4) is 0 Å². The molecule has 1 amide bonds. The molecule has 3 heteroatoms. The maximum Gasteiger partial charge on any atom is 0.239 e. The van der Waals surface area contributed by atoms with Crippen LogP contribution in [0.3, 0.4) is 0 Å². The van der Waals surface area contributed by atoms with E-state index in [4.69, 9.17) is 0 Å². The van der Waals surface area contributed by atoms with Crippen molar-refractivity contribution in [1.29, 1.82) is 0 Å². The van der Waals surface area contributed by atoms with Gasteiger partial charge in [-0.1, -0.05) is 26.7 Å². The number of rotatable bonds is 6. The van der Waals surface area contributed by atoms with Gasteiger partial charge in [-0.2, -0.15) is 0 Å². The van der Waals surface area contributed by atoms with Crippen LogP contribution in [0.4, 0.5) is 0 Å². The van der Waals surface area contributed by atoms with Crippen molar-refractivity contribution in [2.24, 2.45) is 5.92 Å². The first-order valence-electron chi connectivity index (χ1n) is 6.75. The number of hydrogen-bond acceptors (Lipinski definition) is 2. The van der Waals surface area contributed by atoms with E-state index in [0.717, 1.165) is 32.5 Å². The van der Waals surface area contributed by atoms with Crippen LogP contribution in [0.5, 0.6) is 0 Å². The molecule has 1 aliphatic heterocycles. The van der Waals surface area contributed by atoms with Gasteiger partial charge in [-0.05, 0) is 32.2 Å². The summed E-state index contributed by atoms with van der Waals surface area (Å²) in [6.45, 7) is 9.27. The SMILES string of the molecule is CCC(CC)CN(CC)C(=O)[C@H]1CCCN1.